The highest BCUT2D eigenvalue weighted by Crippen LogP contribution is 2.36. The third kappa shape index (κ3) is 4.38. The monoisotopic (exact) mass is 467 g/mol. The van der Waals surface area contributed by atoms with E-state index in [0.717, 1.165) is 9.87 Å². The van der Waals surface area contributed by atoms with Gasteiger partial charge in [-0.1, -0.05) is 17.7 Å². The molecule has 2 aromatic carbocycles. The Balaban J connectivity index is 1.42. The molecule has 2 N–H and O–H groups in total. The molecular weight excluding hydrogens is 450 g/mol. The molecule has 12 heteroatoms. The molecule has 31 heavy (non-hydrogen) atoms. The van der Waals surface area contributed by atoms with Gasteiger partial charge >= 0.3 is 0 Å². The van der Waals surface area contributed by atoms with Gasteiger partial charge in [-0.25, -0.2) is 8.42 Å². The van der Waals surface area contributed by atoms with Crippen LogP contribution in [0, 0.1) is 0 Å². The minimum Gasteiger partial charge on any atom is -0.482 e. The van der Waals surface area contributed by atoms with Crippen LogP contribution in [0.2, 0.25) is 5.02 Å². The number of fused-ring (bicyclic) bond motifs is 2. The molecule has 0 radical (unpaired) electrons. The van der Waals surface area contributed by atoms with Crippen molar-refractivity contribution in [2.45, 2.75) is 11.4 Å². The van der Waals surface area contributed by atoms with Crippen molar-refractivity contribution in [2.24, 2.45) is 0 Å². The SMILES string of the molecule is CN(CC(=O)NCc1ccc2c(c1)OCO2)S(=O)(=O)c1cc2c(cc1Cl)NC(=O)CO2. The first-order valence-corrected chi connectivity index (χ1v) is 10.9. The Hall–Kier alpha value is -3.02. The van der Waals surface area contributed by atoms with E-state index in [9.17, 15) is 18.0 Å². The van der Waals surface area contributed by atoms with Gasteiger partial charge in [0.2, 0.25) is 22.7 Å². The van der Waals surface area contributed by atoms with E-state index in [1.54, 1.807) is 18.2 Å². The Bertz CT molecular complexity index is 1170. The number of benzene rings is 2. The molecule has 2 aliphatic rings. The van der Waals surface area contributed by atoms with Crippen LogP contribution >= 0.6 is 11.6 Å². The van der Waals surface area contributed by atoms with E-state index in [2.05, 4.69) is 10.6 Å². The number of carbonyl (C=O) groups excluding carboxylic acids is 2. The molecule has 0 aliphatic carbocycles. The van der Waals surface area contributed by atoms with Gasteiger partial charge in [0.1, 0.15) is 10.6 Å². The summed E-state index contributed by atoms with van der Waals surface area (Å²) in [6.07, 6.45) is 0. The van der Waals surface area contributed by atoms with Gasteiger partial charge in [0, 0.05) is 19.7 Å². The Morgan fingerprint density at radius 2 is 1.94 bits per heavy atom. The summed E-state index contributed by atoms with van der Waals surface area (Å²) in [5, 5.41) is 5.12. The van der Waals surface area contributed by atoms with Crippen molar-refractivity contribution < 1.29 is 32.2 Å². The standard InChI is InChI=1S/C19H18ClN3O7S/c1-23(8-18(24)21-7-11-2-3-14-16(4-11)30-10-29-14)31(26,27)17-6-15-13(5-12(17)20)22-19(25)9-28-15/h2-6H,7-10H2,1H3,(H,21,24)(H,22,25). The van der Waals surface area contributed by atoms with Crippen molar-refractivity contribution in [2.75, 3.05) is 32.3 Å². The molecule has 0 unspecified atom stereocenters. The van der Waals surface area contributed by atoms with Gasteiger partial charge in [-0.05, 0) is 23.8 Å². The van der Waals surface area contributed by atoms with E-state index < -0.39 is 22.5 Å². The summed E-state index contributed by atoms with van der Waals surface area (Å²) in [4.78, 5) is 23.5. The van der Waals surface area contributed by atoms with Crippen molar-refractivity contribution in [3.05, 3.63) is 40.9 Å². The minimum absolute atomic E-state index is 0.0998. The number of hydrogen-bond acceptors (Lipinski definition) is 7. The van der Waals surface area contributed by atoms with Gasteiger partial charge in [0.05, 0.1) is 17.3 Å². The van der Waals surface area contributed by atoms with Gasteiger partial charge in [-0.15, -0.1) is 0 Å². The predicted octanol–water partition coefficient (Wildman–Crippen LogP) is 1.34. The molecule has 0 aromatic heterocycles. The number of likely N-dealkylation sites (N-methyl/N-ethyl adjacent to an activating group) is 1. The maximum Gasteiger partial charge on any atom is 0.262 e. The second kappa shape index (κ2) is 8.25. The molecule has 164 valence electrons. The third-order valence-corrected chi connectivity index (χ3v) is 6.92. The van der Waals surface area contributed by atoms with Crippen molar-refractivity contribution >= 4 is 39.1 Å². The summed E-state index contributed by atoms with van der Waals surface area (Å²) in [6, 6.07) is 7.79. The van der Waals surface area contributed by atoms with E-state index >= 15 is 0 Å². The smallest absolute Gasteiger partial charge is 0.262 e. The van der Waals surface area contributed by atoms with Gasteiger partial charge in [0.15, 0.2) is 18.1 Å². The highest BCUT2D eigenvalue weighted by atomic mass is 35.5. The lowest BCUT2D eigenvalue weighted by Crippen LogP contribution is -2.38. The largest absolute Gasteiger partial charge is 0.482 e. The van der Waals surface area contributed by atoms with E-state index in [1.165, 1.54) is 19.2 Å². The predicted molar refractivity (Wildman–Crippen MR) is 110 cm³/mol. The number of nitrogens with zero attached hydrogens (tertiary/aromatic N) is 1. The lowest BCUT2D eigenvalue weighted by atomic mass is 10.2. The average molecular weight is 468 g/mol. The molecule has 2 amide bonds. The lowest BCUT2D eigenvalue weighted by Gasteiger charge is -2.22. The maximum absolute atomic E-state index is 12.9. The number of amides is 2. The Morgan fingerprint density at radius 3 is 2.74 bits per heavy atom. The van der Waals surface area contributed by atoms with E-state index in [4.69, 9.17) is 25.8 Å². The summed E-state index contributed by atoms with van der Waals surface area (Å²) in [5.74, 6) is 0.540. The van der Waals surface area contributed by atoms with Crippen LogP contribution in [0.5, 0.6) is 17.2 Å². The van der Waals surface area contributed by atoms with Gasteiger partial charge in [-0.3, -0.25) is 9.59 Å². The maximum atomic E-state index is 12.9. The fourth-order valence-corrected chi connectivity index (χ4v) is 4.68. The number of halogens is 1. The van der Waals surface area contributed by atoms with E-state index in [0.29, 0.717) is 11.5 Å². The third-order valence-electron chi connectivity index (χ3n) is 4.65. The first kappa shape index (κ1) is 21.2. The molecular formula is C19H18ClN3O7S. The lowest BCUT2D eigenvalue weighted by molar-refractivity contribution is -0.121. The molecule has 10 nitrogen and oxygen atoms in total. The van der Waals surface area contributed by atoms with Gasteiger partial charge in [-0.2, -0.15) is 4.31 Å². The van der Waals surface area contributed by atoms with Crippen LogP contribution in [0.1, 0.15) is 5.56 Å². The number of hydrogen-bond donors (Lipinski definition) is 2. The van der Waals surface area contributed by atoms with Crippen LogP contribution < -0.4 is 24.8 Å². The molecule has 2 aromatic rings. The normalized spacial score (nSPS) is 14.6. The van der Waals surface area contributed by atoms with Gasteiger partial charge in [0.25, 0.3) is 5.91 Å². The zero-order valence-electron chi connectivity index (χ0n) is 16.3. The summed E-state index contributed by atoms with van der Waals surface area (Å²) >= 11 is 6.13. The van der Waals surface area contributed by atoms with Crippen LogP contribution in [-0.2, 0) is 26.2 Å². The zero-order valence-corrected chi connectivity index (χ0v) is 17.9. The molecule has 2 aliphatic heterocycles. The molecule has 0 spiro atoms. The second-order valence-electron chi connectivity index (χ2n) is 6.84. The molecule has 2 heterocycles. The highest BCUT2D eigenvalue weighted by Gasteiger charge is 2.29. The molecule has 0 atom stereocenters. The van der Waals surface area contributed by atoms with Crippen molar-refractivity contribution in [1.82, 2.24) is 9.62 Å². The van der Waals surface area contributed by atoms with E-state index in [1.807, 2.05) is 0 Å². The van der Waals surface area contributed by atoms with Crippen LogP contribution in [0.4, 0.5) is 5.69 Å². The topological polar surface area (TPSA) is 123 Å². The number of carbonyl (C=O) groups is 2. The average Bonchev–Trinajstić information content (AvgIpc) is 3.19. The fourth-order valence-electron chi connectivity index (χ4n) is 3.04. The number of sulfonamides is 1. The summed E-state index contributed by atoms with van der Waals surface area (Å²) < 4.78 is 42.5. The minimum atomic E-state index is -4.09. The highest BCUT2D eigenvalue weighted by molar-refractivity contribution is 7.89. The molecule has 4 rings (SSSR count). The Labute approximate surface area is 183 Å². The molecule has 0 fully saturated rings. The first-order chi connectivity index (χ1) is 14.7. The van der Waals surface area contributed by atoms with E-state index in [-0.39, 0.29) is 47.2 Å². The van der Waals surface area contributed by atoms with Crippen molar-refractivity contribution in [3.63, 3.8) is 0 Å². The van der Waals surface area contributed by atoms with Crippen LogP contribution in [0.15, 0.2) is 35.2 Å². The van der Waals surface area contributed by atoms with Crippen LogP contribution in [0.3, 0.4) is 0 Å². The zero-order chi connectivity index (χ0) is 22.2. The van der Waals surface area contributed by atoms with Crippen molar-refractivity contribution in [1.29, 1.82) is 0 Å². The summed E-state index contributed by atoms with van der Waals surface area (Å²) in [6.45, 7) is -0.308. The summed E-state index contributed by atoms with van der Waals surface area (Å²) in [7, 11) is -2.82. The number of anilines is 1. The fraction of sp³-hybridized carbons (Fsp3) is 0.263. The Morgan fingerprint density at radius 1 is 1.16 bits per heavy atom. The number of ether oxygens (including phenoxy) is 3. The first-order valence-electron chi connectivity index (χ1n) is 9.12. The quantitative estimate of drug-likeness (QED) is 0.657. The van der Waals surface area contributed by atoms with Crippen LogP contribution in [-0.4, -0.2) is 51.5 Å². The molecule has 0 bridgehead atoms. The molecule has 0 saturated heterocycles. The van der Waals surface area contributed by atoms with Crippen molar-refractivity contribution in [3.8, 4) is 17.2 Å². The second-order valence-corrected chi connectivity index (χ2v) is 9.26. The molecule has 0 saturated carbocycles. The summed E-state index contributed by atoms with van der Waals surface area (Å²) in [5.41, 5.74) is 1.06. The van der Waals surface area contributed by atoms with Crippen LogP contribution in [0.25, 0.3) is 0 Å². The van der Waals surface area contributed by atoms with Gasteiger partial charge < -0.3 is 24.8 Å². The number of nitrogens with one attached hydrogen (secondary N) is 2. The Kier molecular flexibility index (Phi) is 5.65. The number of rotatable bonds is 6.